The molecule has 8 nitrogen and oxygen atoms in total. The molecule has 0 aliphatic rings. The Hall–Kier alpha value is -6.02. The van der Waals surface area contributed by atoms with E-state index in [0.29, 0.717) is 10.8 Å². The van der Waals surface area contributed by atoms with Crippen molar-refractivity contribution in [3.63, 3.8) is 0 Å². The van der Waals surface area contributed by atoms with Crippen molar-refractivity contribution in [3.05, 3.63) is 129 Å². The lowest BCUT2D eigenvalue weighted by Crippen LogP contribution is -2.03. The summed E-state index contributed by atoms with van der Waals surface area (Å²) in [6.45, 7) is 0. The van der Waals surface area contributed by atoms with Crippen LogP contribution in [0.25, 0.3) is 66.4 Å². The van der Waals surface area contributed by atoms with Crippen LogP contribution in [0.3, 0.4) is 0 Å². The second-order valence-corrected chi connectivity index (χ2v) is 9.88. The van der Waals surface area contributed by atoms with E-state index in [-0.39, 0.29) is 21.9 Å². The summed E-state index contributed by atoms with van der Waals surface area (Å²) in [6.07, 6.45) is 5.94. The van der Waals surface area contributed by atoms with Crippen molar-refractivity contribution < 1.29 is 27.9 Å². The SMILES string of the molecule is COC(=O)C=Cc1ccc2c(ccc3oc(=O)c4ccccc4c(=O)oc4ccc5cc(C=CC(=O)OC)ccc5c4c32)c1. The third-order valence-electron chi connectivity index (χ3n) is 7.26. The Labute approximate surface area is 249 Å². The fourth-order valence-corrected chi connectivity index (χ4v) is 5.16. The molecular weight excluding hydrogens is 560 g/mol. The number of esters is 2. The zero-order chi connectivity index (χ0) is 30.8. The van der Waals surface area contributed by atoms with Crippen LogP contribution in [0.2, 0.25) is 0 Å². The average Bonchev–Trinajstić information content (AvgIpc) is 3.05. The minimum atomic E-state index is -0.699. The Balaban J connectivity index is 1.80. The van der Waals surface area contributed by atoms with Gasteiger partial charge in [-0.15, -0.1) is 0 Å². The molecule has 8 heteroatoms. The number of hydrogen-bond donors (Lipinski definition) is 0. The molecule has 6 aromatic rings. The first kappa shape index (κ1) is 28.1. The van der Waals surface area contributed by atoms with Crippen molar-refractivity contribution in [1.29, 1.82) is 0 Å². The Bertz CT molecular complexity index is 2220. The summed E-state index contributed by atoms with van der Waals surface area (Å²) >= 11 is 0. The maximum atomic E-state index is 13.4. The highest BCUT2D eigenvalue weighted by Gasteiger charge is 2.13. The zero-order valence-electron chi connectivity index (χ0n) is 23.7. The van der Waals surface area contributed by atoms with E-state index in [0.717, 1.165) is 32.7 Å². The van der Waals surface area contributed by atoms with Crippen LogP contribution in [-0.4, -0.2) is 26.2 Å². The topological polar surface area (TPSA) is 113 Å². The normalized spacial score (nSPS) is 11.6. The summed E-state index contributed by atoms with van der Waals surface area (Å²) in [6, 6.07) is 24.5. The fourth-order valence-electron chi connectivity index (χ4n) is 5.16. The Morgan fingerprint density at radius 2 is 1.00 bits per heavy atom. The van der Waals surface area contributed by atoms with Crippen LogP contribution in [0.15, 0.2) is 116 Å². The first-order chi connectivity index (χ1) is 21.4. The number of benzene rings is 5. The molecule has 0 unspecified atom stereocenters. The molecule has 0 spiro atoms. The van der Waals surface area contributed by atoms with Gasteiger partial charge in [0.2, 0.25) is 0 Å². The molecule has 5 aromatic carbocycles. The number of carbonyl (C=O) groups is 2. The van der Waals surface area contributed by atoms with Crippen LogP contribution >= 0.6 is 0 Å². The molecule has 0 aliphatic carbocycles. The molecule has 1 aromatic heterocycles. The molecule has 0 amide bonds. The Kier molecular flexibility index (Phi) is 7.47. The van der Waals surface area contributed by atoms with E-state index in [2.05, 4.69) is 0 Å². The van der Waals surface area contributed by atoms with Gasteiger partial charge in [0.25, 0.3) is 0 Å². The molecule has 216 valence electrons. The number of rotatable bonds is 4. The van der Waals surface area contributed by atoms with Gasteiger partial charge in [0, 0.05) is 22.9 Å². The third-order valence-corrected chi connectivity index (χ3v) is 7.26. The molecule has 0 radical (unpaired) electrons. The van der Waals surface area contributed by atoms with E-state index >= 15 is 0 Å². The van der Waals surface area contributed by atoms with Gasteiger partial charge in [-0.25, -0.2) is 19.2 Å². The minimum Gasteiger partial charge on any atom is -0.466 e. The standard InChI is InChI=1S/C36H24O8/c1-41-31(37)17-9-21-7-13-25-23(19-21)11-15-29-33(25)34-26-14-8-22(10-18-32(38)42-2)20-24(26)12-16-30(34)44-36(40)28-6-4-3-5-27(28)35(39)43-29/h3-20H,1-2H3. The first-order valence-electron chi connectivity index (χ1n) is 13.6. The lowest BCUT2D eigenvalue weighted by atomic mass is 9.96. The molecule has 44 heavy (non-hydrogen) atoms. The maximum Gasteiger partial charge on any atom is 0.344 e. The minimum absolute atomic E-state index is 0.0816. The summed E-state index contributed by atoms with van der Waals surface area (Å²) in [5.74, 6) is -0.961. The summed E-state index contributed by atoms with van der Waals surface area (Å²) < 4.78 is 21.4. The van der Waals surface area contributed by atoms with Crippen molar-refractivity contribution in [1.82, 2.24) is 0 Å². The second-order valence-electron chi connectivity index (χ2n) is 9.88. The van der Waals surface area contributed by atoms with Gasteiger partial charge in [-0.1, -0.05) is 48.5 Å². The predicted octanol–water partition coefficient (Wildman–Crippen LogP) is 6.86. The fraction of sp³-hybridized carbons (Fsp3) is 0.0556. The van der Waals surface area contributed by atoms with Crippen molar-refractivity contribution in [3.8, 4) is 0 Å². The van der Waals surface area contributed by atoms with Crippen LogP contribution in [0.1, 0.15) is 11.1 Å². The predicted molar refractivity (Wildman–Crippen MR) is 171 cm³/mol. The number of hydrogen-bond acceptors (Lipinski definition) is 8. The highest BCUT2D eigenvalue weighted by molar-refractivity contribution is 6.24. The lowest BCUT2D eigenvalue weighted by molar-refractivity contribution is -0.135. The van der Waals surface area contributed by atoms with Crippen LogP contribution in [0, 0.1) is 0 Å². The molecule has 0 N–H and O–H groups in total. The number of fused-ring (bicyclic) bond motifs is 8. The molecule has 0 aliphatic heterocycles. The van der Waals surface area contributed by atoms with E-state index in [9.17, 15) is 19.2 Å². The largest absolute Gasteiger partial charge is 0.466 e. The highest BCUT2D eigenvalue weighted by Crippen LogP contribution is 2.35. The number of methoxy groups -OCH3 is 2. The van der Waals surface area contributed by atoms with E-state index in [1.54, 1.807) is 36.4 Å². The van der Waals surface area contributed by atoms with Gasteiger partial charge in [0.1, 0.15) is 11.2 Å². The summed E-state index contributed by atoms with van der Waals surface area (Å²) in [7, 11) is 2.62. The molecule has 0 saturated carbocycles. The zero-order valence-corrected chi connectivity index (χ0v) is 23.7. The van der Waals surface area contributed by atoms with Gasteiger partial charge in [-0.3, -0.25) is 0 Å². The van der Waals surface area contributed by atoms with Crippen LogP contribution in [0.4, 0.5) is 0 Å². The third kappa shape index (κ3) is 5.32. The van der Waals surface area contributed by atoms with Gasteiger partial charge in [0.05, 0.1) is 25.0 Å². The number of ether oxygens (including phenoxy) is 2. The summed E-state index contributed by atoms with van der Waals surface area (Å²) in [5, 5.41) is 4.27. The average molecular weight is 585 g/mol. The Morgan fingerprint density at radius 3 is 1.41 bits per heavy atom. The molecule has 1 heterocycles. The maximum absolute atomic E-state index is 13.4. The van der Waals surface area contributed by atoms with E-state index in [4.69, 9.17) is 18.3 Å². The van der Waals surface area contributed by atoms with Crippen LogP contribution < -0.4 is 11.3 Å². The molecule has 0 bridgehead atoms. The molecule has 6 rings (SSSR count). The van der Waals surface area contributed by atoms with E-state index in [1.807, 2.05) is 48.5 Å². The Morgan fingerprint density at radius 1 is 0.568 bits per heavy atom. The van der Waals surface area contributed by atoms with Gasteiger partial charge in [-0.05, 0) is 81.2 Å². The quantitative estimate of drug-likeness (QED) is 0.163. The highest BCUT2D eigenvalue weighted by atomic mass is 16.5. The first-order valence-corrected chi connectivity index (χ1v) is 13.6. The van der Waals surface area contributed by atoms with Crippen molar-refractivity contribution >= 4 is 78.3 Å². The van der Waals surface area contributed by atoms with Gasteiger partial charge < -0.3 is 18.3 Å². The second kappa shape index (κ2) is 11.7. The lowest BCUT2D eigenvalue weighted by Gasteiger charge is -2.09. The van der Waals surface area contributed by atoms with Crippen LogP contribution in [-0.2, 0) is 19.1 Å². The monoisotopic (exact) mass is 584 g/mol. The summed E-state index contributed by atoms with van der Waals surface area (Å²) in [5.41, 5.74) is 0.651. The van der Waals surface area contributed by atoms with E-state index < -0.39 is 23.2 Å². The molecule has 0 atom stereocenters. The van der Waals surface area contributed by atoms with Crippen molar-refractivity contribution in [2.45, 2.75) is 0 Å². The van der Waals surface area contributed by atoms with E-state index in [1.165, 1.54) is 38.5 Å². The smallest absolute Gasteiger partial charge is 0.344 e. The summed E-state index contributed by atoms with van der Waals surface area (Å²) in [4.78, 5) is 50.2. The van der Waals surface area contributed by atoms with Gasteiger partial charge >= 0.3 is 23.2 Å². The number of carbonyl (C=O) groups excluding carboxylic acids is 2. The molecule has 0 fully saturated rings. The molecule has 0 saturated heterocycles. The van der Waals surface area contributed by atoms with Crippen molar-refractivity contribution in [2.75, 3.05) is 14.2 Å². The van der Waals surface area contributed by atoms with Gasteiger partial charge in [0.15, 0.2) is 0 Å². The molecular formula is C36H24O8. The van der Waals surface area contributed by atoms with Crippen LogP contribution in [0.5, 0.6) is 0 Å². The van der Waals surface area contributed by atoms with Gasteiger partial charge in [-0.2, -0.15) is 0 Å². The van der Waals surface area contributed by atoms with Crippen molar-refractivity contribution in [2.24, 2.45) is 0 Å².